The minimum Gasteiger partial charge on any atom is -0.493 e. The molecule has 1 heterocycles. The predicted octanol–water partition coefficient (Wildman–Crippen LogP) is 4.39. The van der Waals surface area contributed by atoms with Gasteiger partial charge >= 0.3 is 0 Å². The fraction of sp³-hybridized carbons (Fsp3) is 0.455. The number of carbonyl (C=O) groups is 1. The molecule has 28 heavy (non-hydrogen) atoms. The maximum atomic E-state index is 13.1. The number of nitrogens with two attached hydrogens (primary N) is 1. The summed E-state index contributed by atoms with van der Waals surface area (Å²) in [4.78, 5) is 13.1. The number of amidine groups is 1. The van der Waals surface area contributed by atoms with E-state index in [1.165, 1.54) is 0 Å². The van der Waals surface area contributed by atoms with Crippen LogP contribution in [0.4, 0.5) is 5.69 Å². The zero-order valence-electron chi connectivity index (χ0n) is 17.6. The first kappa shape index (κ1) is 21.5. The van der Waals surface area contributed by atoms with E-state index >= 15 is 0 Å². The number of hydrogen-bond donors (Lipinski definition) is 2. The summed E-state index contributed by atoms with van der Waals surface area (Å²) >= 11 is 0. The average Bonchev–Trinajstić information content (AvgIpc) is 2.67. The summed E-state index contributed by atoms with van der Waals surface area (Å²) in [5.74, 6) is 1.12. The number of hydrogen-bond acceptors (Lipinski definition) is 5. The summed E-state index contributed by atoms with van der Waals surface area (Å²) in [5.41, 5.74) is 9.55. The fourth-order valence-electron chi connectivity index (χ4n) is 3.08. The van der Waals surface area contributed by atoms with Crippen LogP contribution in [0.25, 0.3) is 0 Å². The van der Waals surface area contributed by atoms with Crippen molar-refractivity contribution in [2.45, 2.75) is 53.9 Å². The van der Waals surface area contributed by atoms with Crippen LogP contribution in [-0.4, -0.2) is 23.4 Å². The third kappa shape index (κ3) is 4.55. The van der Waals surface area contributed by atoms with Crippen molar-refractivity contribution in [2.75, 3.05) is 12.3 Å². The molecule has 3 N–H and O–H groups in total. The topological polar surface area (TPSA) is 79.9 Å². The minimum atomic E-state index is -0.190. The molecule has 1 atom stereocenters. The number of rotatable bonds is 8. The Labute approximate surface area is 168 Å². The van der Waals surface area contributed by atoms with E-state index in [4.69, 9.17) is 15.6 Å². The molecule has 152 valence electrons. The molecule has 0 fully saturated rings. The van der Waals surface area contributed by atoms with Gasteiger partial charge < -0.3 is 15.8 Å². The van der Waals surface area contributed by atoms with Gasteiger partial charge in [0.2, 0.25) is 0 Å². The second kappa shape index (κ2) is 9.44. The second-order valence-corrected chi connectivity index (χ2v) is 7.06. The van der Waals surface area contributed by atoms with Crippen LogP contribution in [0.5, 0.6) is 5.75 Å². The molecule has 0 radical (unpaired) electrons. The number of nitrogens with one attached hydrogen (secondary N) is 1. The van der Waals surface area contributed by atoms with Gasteiger partial charge in [-0.15, -0.1) is 5.10 Å². The number of anilines is 1. The number of amides is 1. The van der Waals surface area contributed by atoms with Gasteiger partial charge in [0.1, 0.15) is 11.4 Å². The number of carbonyl (C=O) groups excluding carboxylic acids is 1. The van der Waals surface area contributed by atoms with Crippen molar-refractivity contribution in [3.8, 4) is 5.75 Å². The number of nitrogens with zero attached hydrogens (tertiary/aromatic N) is 2. The van der Waals surface area contributed by atoms with Crippen LogP contribution in [-0.2, 0) is 4.79 Å². The Bertz CT molecular complexity index is 811. The molecule has 0 aromatic heterocycles. The summed E-state index contributed by atoms with van der Waals surface area (Å²) in [7, 11) is 0. The monoisotopic (exact) mass is 384 g/mol. The molecule has 1 unspecified atom stereocenters. The van der Waals surface area contributed by atoms with Crippen molar-refractivity contribution in [3.63, 3.8) is 0 Å². The Morgan fingerprint density at radius 2 is 2.07 bits per heavy atom. The lowest BCUT2D eigenvalue weighted by Crippen LogP contribution is -2.44. The molecule has 0 aliphatic carbocycles. The van der Waals surface area contributed by atoms with Gasteiger partial charge in [-0.1, -0.05) is 33.8 Å². The van der Waals surface area contributed by atoms with Crippen molar-refractivity contribution in [1.29, 1.82) is 0 Å². The van der Waals surface area contributed by atoms with E-state index in [9.17, 15) is 4.79 Å². The smallest absolute Gasteiger partial charge is 0.275 e. The fourth-order valence-corrected chi connectivity index (χ4v) is 3.08. The van der Waals surface area contributed by atoms with E-state index in [1.54, 1.807) is 23.2 Å². The first-order valence-electron chi connectivity index (χ1n) is 9.95. The molecule has 6 heteroatoms. The van der Waals surface area contributed by atoms with Crippen LogP contribution in [0.2, 0.25) is 0 Å². The van der Waals surface area contributed by atoms with Crippen LogP contribution in [0.1, 0.15) is 59.4 Å². The van der Waals surface area contributed by atoms with Gasteiger partial charge in [-0.2, -0.15) is 0 Å². The SMILES string of the molecule is C=C(CCC)N1N=C(c2cc(N)ccc2OCC)NC(=O)/C1=C(\C)C(C)CC. The van der Waals surface area contributed by atoms with Crippen molar-refractivity contribution in [1.82, 2.24) is 10.3 Å². The Morgan fingerprint density at radius 1 is 1.36 bits per heavy atom. The molecular formula is C22H32N4O2. The van der Waals surface area contributed by atoms with Gasteiger partial charge in [0.25, 0.3) is 5.91 Å². The molecule has 1 aliphatic heterocycles. The highest BCUT2D eigenvalue weighted by molar-refractivity contribution is 6.15. The van der Waals surface area contributed by atoms with Crippen molar-refractivity contribution in [3.05, 3.63) is 47.3 Å². The lowest BCUT2D eigenvalue weighted by atomic mass is 9.96. The zero-order chi connectivity index (χ0) is 20.8. The van der Waals surface area contributed by atoms with Gasteiger partial charge in [-0.05, 0) is 56.4 Å². The van der Waals surface area contributed by atoms with Gasteiger partial charge in [0.15, 0.2) is 5.84 Å². The highest BCUT2D eigenvalue weighted by atomic mass is 16.5. The minimum absolute atomic E-state index is 0.190. The predicted molar refractivity (Wildman–Crippen MR) is 115 cm³/mol. The number of hydrazone groups is 1. The third-order valence-electron chi connectivity index (χ3n) is 4.98. The first-order chi connectivity index (χ1) is 13.3. The van der Waals surface area contributed by atoms with Crippen LogP contribution >= 0.6 is 0 Å². The van der Waals surface area contributed by atoms with Crippen molar-refractivity contribution < 1.29 is 9.53 Å². The summed E-state index contributed by atoms with van der Waals surface area (Å²) in [6, 6.07) is 5.33. The van der Waals surface area contributed by atoms with E-state index in [2.05, 4.69) is 32.7 Å². The maximum Gasteiger partial charge on any atom is 0.275 e. The molecule has 1 aromatic carbocycles. The molecule has 1 aliphatic rings. The van der Waals surface area contributed by atoms with E-state index < -0.39 is 0 Å². The summed E-state index contributed by atoms with van der Waals surface area (Å²) in [6.07, 6.45) is 2.60. The molecule has 0 bridgehead atoms. The molecule has 1 aromatic rings. The number of allylic oxidation sites excluding steroid dienone is 2. The quantitative estimate of drug-likeness (QED) is 0.514. The number of benzene rings is 1. The standard InChI is InChI=1S/C22H32N4O2/c1-7-10-15(5)26-20(16(6)14(4)8-2)22(27)24-21(25-26)18-13-17(23)11-12-19(18)28-9-3/h11-14H,5,7-10,23H2,1-4,6H3,(H,24,25,27)/b20-16-. The van der Waals surface area contributed by atoms with E-state index in [-0.39, 0.29) is 11.8 Å². The van der Waals surface area contributed by atoms with E-state index in [0.717, 1.165) is 30.5 Å². The highest BCUT2D eigenvalue weighted by Gasteiger charge is 2.31. The van der Waals surface area contributed by atoms with Crippen LogP contribution in [0.15, 0.2) is 46.8 Å². The molecule has 0 saturated heterocycles. The van der Waals surface area contributed by atoms with Crippen molar-refractivity contribution in [2.24, 2.45) is 11.0 Å². The van der Waals surface area contributed by atoms with Crippen LogP contribution < -0.4 is 15.8 Å². The number of nitrogen functional groups attached to an aromatic ring is 1. The average molecular weight is 385 g/mol. The van der Waals surface area contributed by atoms with E-state index in [0.29, 0.717) is 35.1 Å². The van der Waals surface area contributed by atoms with Gasteiger partial charge in [0.05, 0.1) is 12.2 Å². The summed E-state index contributed by atoms with van der Waals surface area (Å²) in [5, 5.41) is 9.37. The van der Waals surface area contributed by atoms with Gasteiger partial charge in [-0.3, -0.25) is 4.79 Å². The maximum absolute atomic E-state index is 13.1. The molecule has 1 amide bonds. The Morgan fingerprint density at radius 3 is 2.68 bits per heavy atom. The molecule has 2 rings (SSSR count). The van der Waals surface area contributed by atoms with Crippen LogP contribution in [0.3, 0.4) is 0 Å². The molecule has 0 saturated carbocycles. The third-order valence-corrected chi connectivity index (χ3v) is 4.98. The molecular weight excluding hydrogens is 352 g/mol. The Kier molecular flexibility index (Phi) is 7.26. The Balaban J connectivity index is 2.62. The first-order valence-corrected chi connectivity index (χ1v) is 9.95. The summed E-state index contributed by atoms with van der Waals surface area (Å²) in [6.45, 7) is 14.9. The number of ether oxygens (including phenoxy) is 1. The second-order valence-electron chi connectivity index (χ2n) is 7.06. The Hall–Kier alpha value is -2.76. The molecule has 6 nitrogen and oxygen atoms in total. The largest absolute Gasteiger partial charge is 0.493 e. The van der Waals surface area contributed by atoms with Gasteiger partial charge in [0, 0.05) is 11.4 Å². The lowest BCUT2D eigenvalue weighted by Gasteiger charge is -2.32. The summed E-state index contributed by atoms with van der Waals surface area (Å²) < 4.78 is 5.71. The zero-order valence-corrected chi connectivity index (χ0v) is 17.6. The van der Waals surface area contributed by atoms with Crippen molar-refractivity contribution >= 4 is 17.4 Å². The normalized spacial score (nSPS) is 17.0. The molecule has 0 spiro atoms. The van der Waals surface area contributed by atoms with Gasteiger partial charge in [-0.25, -0.2) is 5.01 Å². The highest BCUT2D eigenvalue weighted by Crippen LogP contribution is 2.30. The van der Waals surface area contributed by atoms with E-state index in [1.807, 2.05) is 13.8 Å². The van der Waals surface area contributed by atoms with Crippen LogP contribution in [0, 0.1) is 5.92 Å². The lowest BCUT2D eigenvalue weighted by molar-refractivity contribution is -0.118.